The summed E-state index contributed by atoms with van der Waals surface area (Å²) in [6.45, 7) is 4.10. The van der Waals surface area contributed by atoms with E-state index in [1.54, 1.807) is 7.11 Å². The second kappa shape index (κ2) is 7.51. The molecule has 106 valence electrons. The topological polar surface area (TPSA) is 30.5 Å². The first-order chi connectivity index (χ1) is 9.29. The van der Waals surface area contributed by atoms with Gasteiger partial charge in [-0.25, -0.2) is 0 Å². The molecule has 0 bridgehead atoms. The molecular weight excluding hydrogens is 238 g/mol. The van der Waals surface area contributed by atoms with E-state index in [9.17, 15) is 0 Å². The van der Waals surface area contributed by atoms with Crippen LogP contribution < -0.4 is 10.1 Å². The summed E-state index contributed by atoms with van der Waals surface area (Å²) in [6.07, 6.45) is 5.08. The summed E-state index contributed by atoms with van der Waals surface area (Å²) in [6, 6.07) is 8.66. The van der Waals surface area contributed by atoms with Crippen molar-refractivity contribution in [3.63, 3.8) is 0 Å². The minimum atomic E-state index is 0.397. The maximum atomic E-state index is 5.74. The van der Waals surface area contributed by atoms with Crippen LogP contribution in [0.4, 0.5) is 0 Å². The Balaban J connectivity index is 1.78. The Morgan fingerprint density at radius 2 is 2.21 bits per heavy atom. The van der Waals surface area contributed by atoms with Gasteiger partial charge < -0.3 is 14.8 Å². The molecule has 2 unspecified atom stereocenters. The first-order valence-electron chi connectivity index (χ1n) is 7.26. The molecule has 3 nitrogen and oxygen atoms in total. The monoisotopic (exact) mass is 263 g/mol. The highest BCUT2D eigenvalue weighted by molar-refractivity contribution is 5.33. The Kier molecular flexibility index (Phi) is 5.67. The van der Waals surface area contributed by atoms with Crippen LogP contribution in [0, 0.1) is 0 Å². The third-order valence-electron chi connectivity index (χ3n) is 3.69. The van der Waals surface area contributed by atoms with Gasteiger partial charge in [0.15, 0.2) is 0 Å². The van der Waals surface area contributed by atoms with E-state index in [4.69, 9.17) is 9.47 Å². The molecular formula is C16H25NO2. The van der Waals surface area contributed by atoms with Gasteiger partial charge in [0.05, 0.1) is 13.2 Å². The smallest absolute Gasteiger partial charge is 0.122 e. The lowest BCUT2D eigenvalue weighted by molar-refractivity contribution is 0.0156. The maximum Gasteiger partial charge on any atom is 0.122 e. The highest BCUT2D eigenvalue weighted by Gasteiger charge is 2.15. The Labute approximate surface area is 116 Å². The van der Waals surface area contributed by atoms with Gasteiger partial charge in [0.1, 0.15) is 5.75 Å². The third kappa shape index (κ3) is 4.51. The number of rotatable bonds is 6. The molecule has 0 radical (unpaired) electrons. The van der Waals surface area contributed by atoms with Crippen LogP contribution in [0.3, 0.4) is 0 Å². The molecule has 0 amide bonds. The van der Waals surface area contributed by atoms with Gasteiger partial charge in [-0.2, -0.15) is 0 Å². The number of methoxy groups -OCH3 is 1. The average molecular weight is 263 g/mol. The molecule has 1 aliphatic rings. The second-order valence-electron chi connectivity index (χ2n) is 5.31. The highest BCUT2D eigenvalue weighted by atomic mass is 16.5. The van der Waals surface area contributed by atoms with Crippen molar-refractivity contribution >= 4 is 0 Å². The lowest BCUT2D eigenvalue weighted by Crippen LogP contribution is -2.37. The normalized spacial score (nSPS) is 21.1. The fourth-order valence-electron chi connectivity index (χ4n) is 2.57. The van der Waals surface area contributed by atoms with E-state index in [2.05, 4.69) is 24.4 Å². The molecule has 1 fully saturated rings. The lowest BCUT2D eigenvalue weighted by Gasteiger charge is -2.25. The summed E-state index contributed by atoms with van der Waals surface area (Å²) in [5.74, 6) is 0.977. The van der Waals surface area contributed by atoms with Crippen LogP contribution in [0.5, 0.6) is 5.75 Å². The van der Waals surface area contributed by atoms with Crippen molar-refractivity contribution in [3.8, 4) is 5.75 Å². The zero-order chi connectivity index (χ0) is 13.5. The first-order valence-corrected chi connectivity index (χ1v) is 7.26. The molecule has 3 heteroatoms. The predicted octanol–water partition coefficient (Wildman–Crippen LogP) is 2.78. The van der Waals surface area contributed by atoms with Gasteiger partial charge in [-0.1, -0.05) is 18.2 Å². The molecule has 0 spiro atoms. The van der Waals surface area contributed by atoms with Crippen molar-refractivity contribution < 1.29 is 9.47 Å². The molecule has 1 aromatic carbocycles. The maximum absolute atomic E-state index is 5.74. The summed E-state index contributed by atoms with van der Waals surface area (Å²) >= 11 is 0. The Bertz CT molecular complexity index is 375. The van der Waals surface area contributed by atoms with Crippen molar-refractivity contribution in [3.05, 3.63) is 29.8 Å². The van der Waals surface area contributed by atoms with Gasteiger partial charge in [-0.3, -0.25) is 0 Å². The summed E-state index contributed by atoms with van der Waals surface area (Å²) in [4.78, 5) is 0. The van der Waals surface area contributed by atoms with Crippen LogP contribution in [0.15, 0.2) is 24.3 Å². The summed E-state index contributed by atoms with van der Waals surface area (Å²) in [5.41, 5.74) is 1.26. The Hall–Kier alpha value is -1.06. The van der Waals surface area contributed by atoms with Gasteiger partial charge in [0.25, 0.3) is 0 Å². The van der Waals surface area contributed by atoms with Crippen LogP contribution in [-0.2, 0) is 11.2 Å². The summed E-state index contributed by atoms with van der Waals surface area (Å²) < 4.78 is 11.1. The molecule has 1 aromatic rings. The van der Waals surface area contributed by atoms with Crippen molar-refractivity contribution in [2.45, 2.75) is 44.8 Å². The van der Waals surface area contributed by atoms with E-state index in [0.29, 0.717) is 12.1 Å². The van der Waals surface area contributed by atoms with Crippen LogP contribution in [-0.4, -0.2) is 32.4 Å². The van der Waals surface area contributed by atoms with E-state index >= 15 is 0 Å². The van der Waals surface area contributed by atoms with Gasteiger partial charge in [-0.15, -0.1) is 0 Å². The van der Waals surface area contributed by atoms with Crippen molar-refractivity contribution in [2.24, 2.45) is 0 Å². The number of nitrogens with one attached hydrogen (secondary N) is 1. The SMILES string of the molecule is COc1ccccc1CC(C)NCC1CCCCO1. The van der Waals surface area contributed by atoms with Crippen molar-refractivity contribution in [2.75, 3.05) is 20.3 Å². The number of ether oxygens (including phenoxy) is 2. The van der Waals surface area contributed by atoms with Gasteiger partial charge in [0.2, 0.25) is 0 Å². The molecule has 19 heavy (non-hydrogen) atoms. The van der Waals surface area contributed by atoms with Crippen LogP contribution in [0.25, 0.3) is 0 Å². The zero-order valence-corrected chi connectivity index (χ0v) is 12.0. The molecule has 1 N–H and O–H groups in total. The minimum Gasteiger partial charge on any atom is -0.496 e. The first kappa shape index (κ1) is 14.4. The third-order valence-corrected chi connectivity index (χ3v) is 3.69. The standard InChI is InChI=1S/C16H25NO2/c1-13(17-12-15-8-5-6-10-19-15)11-14-7-3-4-9-16(14)18-2/h3-4,7,9,13,15,17H,5-6,8,10-12H2,1-2H3. The van der Waals surface area contributed by atoms with E-state index in [0.717, 1.165) is 25.3 Å². The predicted molar refractivity (Wildman–Crippen MR) is 77.8 cm³/mol. The van der Waals surface area contributed by atoms with E-state index in [-0.39, 0.29) is 0 Å². The molecule has 2 atom stereocenters. The van der Waals surface area contributed by atoms with Crippen molar-refractivity contribution in [1.29, 1.82) is 0 Å². The molecule has 0 aromatic heterocycles. The number of hydrogen-bond acceptors (Lipinski definition) is 3. The Morgan fingerprint density at radius 3 is 2.95 bits per heavy atom. The van der Waals surface area contributed by atoms with Crippen LogP contribution in [0.1, 0.15) is 31.7 Å². The van der Waals surface area contributed by atoms with Gasteiger partial charge in [-0.05, 0) is 44.2 Å². The fraction of sp³-hybridized carbons (Fsp3) is 0.625. The zero-order valence-electron chi connectivity index (χ0n) is 12.0. The van der Waals surface area contributed by atoms with Crippen molar-refractivity contribution in [1.82, 2.24) is 5.32 Å². The molecule has 1 heterocycles. The molecule has 1 aliphatic heterocycles. The van der Waals surface area contributed by atoms with Crippen LogP contribution in [0.2, 0.25) is 0 Å². The van der Waals surface area contributed by atoms with E-state index < -0.39 is 0 Å². The quantitative estimate of drug-likeness (QED) is 0.856. The fourth-order valence-corrected chi connectivity index (χ4v) is 2.57. The molecule has 0 saturated carbocycles. The van der Waals surface area contributed by atoms with Gasteiger partial charge in [0, 0.05) is 19.2 Å². The lowest BCUT2D eigenvalue weighted by atomic mass is 10.0. The molecule has 2 rings (SSSR count). The Morgan fingerprint density at radius 1 is 1.37 bits per heavy atom. The van der Waals surface area contributed by atoms with Gasteiger partial charge >= 0.3 is 0 Å². The largest absolute Gasteiger partial charge is 0.496 e. The van der Waals surface area contributed by atoms with Crippen LogP contribution >= 0.6 is 0 Å². The number of hydrogen-bond donors (Lipinski definition) is 1. The minimum absolute atomic E-state index is 0.397. The summed E-state index contributed by atoms with van der Waals surface area (Å²) in [7, 11) is 1.73. The molecule has 0 aliphatic carbocycles. The van der Waals surface area contributed by atoms with E-state index in [1.165, 1.54) is 24.8 Å². The average Bonchev–Trinajstić information content (AvgIpc) is 2.47. The van der Waals surface area contributed by atoms with E-state index in [1.807, 2.05) is 12.1 Å². The molecule has 1 saturated heterocycles. The number of benzene rings is 1. The highest BCUT2D eigenvalue weighted by Crippen LogP contribution is 2.19. The summed E-state index contributed by atoms with van der Waals surface area (Å²) in [5, 5.41) is 3.57. The number of para-hydroxylation sites is 1. The second-order valence-corrected chi connectivity index (χ2v) is 5.31.